The molecule has 3 nitrogen and oxygen atoms in total. The van der Waals surface area contributed by atoms with Gasteiger partial charge >= 0.3 is 5.97 Å². The van der Waals surface area contributed by atoms with E-state index >= 15 is 0 Å². The van der Waals surface area contributed by atoms with Gasteiger partial charge in [0.15, 0.2) is 0 Å². The lowest BCUT2D eigenvalue weighted by molar-refractivity contribution is -0.154. The van der Waals surface area contributed by atoms with Gasteiger partial charge in [-0.15, -0.1) is 0 Å². The first kappa shape index (κ1) is 15.0. The van der Waals surface area contributed by atoms with Crippen LogP contribution < -0.4 is 0 Å². The Morgan fingerprint density at radius 2 is 1.88 bits per heavy atom. The highest BCUT2D eigenvalue weighted by molar-refractivity contribution is 14.1. The topological polar surface area (TPSA) is 46.5 Å². The minimum Gasteiger partial charge on any atom is -0.507 e. The lowest BCUT2D eigenvalue weighted by Crippen LogP contribution is -2.22. The average molecular weight is 460 g/mol. The Morgan fingerprint density at radius 3 is 2.41 bits per heavy atom. The van der Waals surface area contributed by atoms with Gasteiger partial charge in [-0.2, -0.15) is 0 Å². The molecule has 0 unspecified atom stereocenters. The lowest BCUT2D eigenvalue weighted by Gasteiger charge is -2.17. The van der Waals surface area contributed by atoms with E-state index in [-0.39, 0.29) is 18.3 Å². The quantitative estimate of drug-likeness (QED) is 0.542. The summed E-state index contributed by atoms with van der Waals surface area (Å²) >= 11 is 4.16. The highest BCUT2D eigenvalue weighted by atomic mass is 127. The molecular weight excluding hydrogens is 446 g/mol. The molecule has 0 fully saturated rings. The SMILES string of the molecule is CC(C)(C)C(=O)OCc1cc(I)c(O)cc1I. The first-order chi connectivity index (χ1) is 7.71. The fourth-order valence-corrected chi connectivity index (χ4v) is 2.19. The number of phenolic OH excluding ortho intramolecular Hbond substituents is 1. The summed E-state index contributed by atoms with van der Waals surface area (Å²) in [6.07, 6.45) is 0. The maximum atomic E-state index is 11.6. The predicted octanol–water partition coefficient (Wildman–Crippen LogP) is 3.69. The van der Waals surface area contributed by atoms with Gasteiger partial charge in [0.2, 0.25) is 0 Å². The summed E-state index contributed by atoms with van der Waals surface area (Å²) in [4.78, 5) is 11.6. The molecule has 1 rings (SSSR count). The van der Waals surface area contributed by atoms with Crippen LogP contribution in [0.3, 0.4) is 0 Å². The summed E-state index contributed by atoms with van der Waals surface area (Å²) in [6.45, 7) is 5.70. The number of hydrogen-bond donors (Lipinski definition) is 1. The van der Waals surface area contributed by atoms with E-state index in [1.807, 2.05) is 49.4 Å². The number of carbonyl (C=O) groups is 1. The number of halogens is 2. The zero-order valence-corrected chi connectivity index (χ0v) is 14.2. The molecule has 0 aromatic heterocycles. The van der Waals surface area contributed by atoms with Gasteiger partial charge in [0, 0.05) is 9.13 Å². The van der Waals surface area contributed by atoms with Gasteiger partial charge in [-0.3, -0.25) is 4.79 Å². The Labute approximate surface area is 128 Å². The van der Waals surface area contributed by atoms with Gasteiger partial charge in [0.05, 0.1) is 8.99 Å². The molecule has 0 aliphatic carbocycles. The number of hydrogen-bond acceptors (Lipinski definition) is 3. The van der Waals surface area contributed by atoms with Crippen molar-refractivity contribution >= 4 is 51.2 Å². The van der Waals surface area contributed by atoms with E-state index in [2.05, 4.69) is 22.6 Å². The Kier molecular flexibility index (Phi) is 5.06. The molecule has 0 aliphatic heterocycles. The zero-order chi connectivity index (χ0) is 13.2. The van der Waals surface area contributed by atoms with Crippen LogP contribution in [0, 0.1) is 12.6 Å². The van der Waals surface area contributed by atoms with Crippen LogP contribution in [0.1, 0.15) is 26.3 Å². The normalized spacial score (nSPS) is 11.4. The van der Waals surface area contributed by atoms with Crippen molar-refractivity contribution in [3.8, 4) is 5.75 Å². The second-order valence-corrected chi connectivity index (χ2v) is 7.05. The van der Waals surface area contributed by atoms with Crippen molar-refractivity contribution in [3.05, 3.63) is 24.8 Å². The molecule has 17 heavy (non-hydrogen) atoms. The van der Waals surface area contributed by atoms with Crippen molar-refractivity contribution in [2.45, 2.75) is 27.4 Å². The molecular formula is C12H14I2O3. The fraction of sp³-hybridized carbons (Fsp3) is 0.417. The van der Waals surface area contributed by atoms with Gasteiger partial charge in [-0.1, -0.05) is 0 Å². The molecule has 1 aromatic rings. The number of aromatic hydroxyl groups is 1. The number of rotatable bonds is 2. The van der Waals surface area contributed by atoms with Crippen LogP contribution in [-0.4, -0.2) is 11.1 Å². The molecule has 0 radical (unpaired) electrons. The first-order valence-corrected chi connectivity index (χ1v) is 7.21. The summed E-state index contributed by atoms with van der Waals surface area (Å²) in [5.41, 5.74) is 0.417. The van der Waals surface area contributed by atoms with Crippen LogP contribution in [0.2, 0.25) is 0 Å². The van der Waals surface area contributed by atoms with E-state index in [0.29, 0.717) is 0 Å². The van der Waals surface area contributed by atoms with E-state index in [1.54, 1.807) is 6.07 Å². The third-order valence-corrected chi connectivity index (χ3v) is 3.96. The summed E-state index contributed by atoms with van der Waals surface area (Å²) in [6, 6.07) is 3.50. The van der Waals surface area contributed by atoms with Gasteiger partial charge in [0.1, 0.15) is 12.4 Å². The minimum absolute atomic E-state index is 0.226. The van der Waals surface area contributed by atoms with Crippen LogP contribution in [0.4, 0.5) is 0 Å². The minimum atomic E-state index is -0.491. The average Bonchev–Trinajstić information content (AvgIpc) is 2.19. The van der Waals surface area contributed by atoms with Crippen LogP contribution in [0.25, 0.3) is 0 Å². The van der Waals surface area contributed by atoms with Crippen LogP contribution in [0.15, 0.2) is 12.1 Å². The molecule has 1 N–H and O–H groups in total. The molecule has 1 aromatic carbocycles. The van der Waals surface area contributed by atoms with E-state index < -0.39 is 5.41 Å². The fourth-order valence-electron chi connectivity index (χ4n) is 1.05. The predicted molar refractivity (Wildman–Crippen MR) is 82.8 cm³/mol. The third-order valence-electron chi connectivity index (χ3n) is 2.09. The summed E-state index contributed by atoms with van der Waals surface area (Å²) in [5, 5.41) is 9.51. The zero-order valence-electron chi connectivity index (χ0n) is 9.88. The smallest absolute Gasteiger partial charge is 0.311 e. The summed E-state index contributed by atoms with van der Waals surface area (Å²) < 4.78 is 6.88. The molecule has 94 valence electrons. The molecule has 0 spiro atoms. The van der Waals surface area contributed by atoms with Crippen molar-refractivity contribution in [3.63, 3.8) is 0 Å². The van der Waals surface area contributed by atoms with Crippen LogP contribution in [0.5, 0.6) is 5.75 Å². The van der Waals surface area contributed by atoms with E-state index in [9.17, 15) is 9.90 Å². The van der Waals surface area contributed by atoms with Crippen LogP contribution >= 0.6 is 45.2 Å². The van der Waals surface area contributed by atoms with Crippen LogP contribution in [-0.2, 0) is 16.1 Å². The van der Waals surface area contributed by atoms with E-state index in [1.165, 1.54) is 0 Å². The van der Waals surface area contributed by atoms with Crippen molar-refractivity contribution in [2.24, 2.45) is 5.41 Å². The Hall–Kier alpha value is -0.0500. The van der Waals surface area contributed by atoms with Crippen molar-refractivity contribution in [1.29, 1.82) is 0 Å². The first-order valence-electron chi connectivity index (χ1n) is 5.06. The molecule has 0 atom stereocenters. The number of carbonyl (C=O) groups excluding carboxylic acids is 1. The van der Waals surface area contributed by atoms with Crippen molar-refractivity contribution in [2.75, 3.05) is 0 Å². The van der Waals surface area contributed by atoms with Crippen molar-refractivity contribution in [1.82, 2.24) is 0 Å². The van der Waals surface area contributed by atoms with Gasteiger partial charge in [-0.25, -0.2) is 0 Å². The van der Waals surface area contributed by atoms with Gasteiger partial charge < -0.3 is 9.84 Å². The highest BCUT2D eigenvalue weighted by Gasteiger charge is 2.23. The summed E-state index contributed by atoms with van der Waals surface area (Å²) in [7, 11) is 0. The molecule has 5 heteroatoms. The van der Waals surface area contributed by atoms with Gasteiger partial charge in [0.25, 0.3) is 0 Å². The number of benzene rings is 1. The molecule has 0 bridgehead atoms. The maximum Gasteiger partial charge on any atom is 0.311 e. The van der Waals surface area contributed by atoms with E-state index in [4.69, 9.17) is 4.74 Å². The molecule has 0 aliphatic rings. The van der Waals surface area contributed by atoms with Gasteiger partial charge in [-0.05, 0) is 78.1 Å². The Morgan fingerprint density at radius 1 is 1.29 bits per heavy atom. The number of phenols is 1. The largest absolute Gasteiger partial charge is 0.507 e. The summed E-state index contributed by atoms with van der Waals surface area (Å²) in [5.74, 6) is 0.0253. The van der Waals surface area contributed by atoms with E-state index in [0.717, 1.165) is 12.7 Å². The second-order valence-electron chi connectivity index (χ2n) is 4.72. The number of ether oxygens (including phenoxy) is 1. The van der Waals surface area contributed by atoms with Crippen molar-refractivity contribution < 1.29 is 14.6 Å². The second kappa shape index (κ2) is 5.73. The Bertz CT molecular complexity index is 436. The third kappa shape index (κ3) is 4.27. The molecule has 0 heterocycles. The Balaban J connectivity index is 2.77. The standard InChI is InChI=1S/C12H14I2O3/c1-12(2,3)11(16)17-6-7-4-9(14)10(15)5-8(7)13/h4-5,15H,6H2,1-3H3. The molecule has 0 amide bonds. The maximum absolute atomic E-state index is 11.6. The monoisotopic (exact) mass is 460 g/mol. The molecule has 0 saturated heterocycles. The highest BCUT2D eigenvalue weighted by Crippen LogP contribution is 2.26. The lowest BCUT2D eigenvalue weighted by atomic mass is 9.97. The number of esters is 1. The molecule has 0 saturated carbocycles.